The van der Waals surface area contributed by atoms with Gasteiger partial charge < -0.3 is 14.8 Å². The van der Waals surface area contributed by atoms with Gasteiger partial charge in [-0.15, -0.1) is 0 Å². The summed E-state index contributed by atoms with van der Waals surface area (Å²) in [7, 11) is 1.80. The van der Waals surface area contributed by atoms with Crippen LogP contribution in [0, 0.1) is 5.92 Å². The van der Waals surface area contributed by atoms with Gasteiger partial charge in [0.05, 0.1) is 19.3 Å². The van der Waals surface area contributed by atoms with Crippen LogP contribution in [0.25, 0.3) is 0 Å². The summed E-state index contributed by atoms with van der Waals surface area (Å²) in [5.41, 5.74) is 4.50. The van der Waals surface area contributed by atoms with Gasteiger partial charge in [-0.05, 0) is 86.2 Å². The van der Waals surface area contributed by atoms with Gasteiger partial charge in [0.2, 0.25) is 0 Å². The minimum atomic E-state index is -0.0460. The van der Waals surface area contributed by atoms with Crippen molar-refractivity contribution >= 4 is 0 Å². The SMILES string of the molecule is COc1ccc2c(c1)[C@]13CCN(CC4CC4)[C@H](C2)C12CCC(NCc1ccccc1)(CO2)C3. The molecule has 174 valence electrons. The van der Waals surface area contributed by atoms with Crippen molar-refractivity contribution < 1.29 is 9.47 Å². The van der Waals surface area contributed by atoms with Crippen molar-refractivity contribution in [3.05, 3.63) is 65.2 Å². The second-order valence-corrected chi connectivity index (χ2v) is 11.5. The van der Waals surface area contributed by atoms with Crippen molar-refractivity contribution in [3.63, 3.8) is 0 Å². The summed E-state index contributed by atoms with van der Waals surface area (Å²) in [5, 5.41) is 4.01. The Bertz CT molecular complexity index is 1040. The largest absolute Gasteiger partial charge is 0.497 e. The molecule has 2 saturated carbocycles. The van der Waals surface area contributed by atoms with Gasteiger partial charge in [0.15, 0.2) is 0 Å². The van der Waals surface area contributed by atoms with Crippen molar-refractivity contribution in [2.45, 2.75) is 74.1 Å². The Morgan fingerprint density at radius 3 is 2.73 bits per heavy atom. The molecule has 0 radical (unpaired) electrons. The Balaban J connectivity index is 1.28. The average Bonchev–Trinajstić information content (AvgIpc) is 3.69. The number of nitrogens with zero attached hydrogens (tertiary/aromatic N) is 1. The maximum Gasteiger partial charge on any atom is 0.119 e. The summed E-state index contributed by atoms with van der Waals surface area (Å²) in [6, 6.07) is 18.2. The zero-order valence-corrected chi connectivity index (χ0v) is 19.8. The van der Waals surface area contributed by atoms with Crippen LogP contribution in [0.15, 0.2) is 48.5 Å². The van der Waals surface area contributed by atoms with Crippen LogP contribution in [0.1, 0.15) is 55.2 Å². The van der Waals surface area contributed by atoms with E-state index in [2.05, 4.69) is 58.7 Å². The summed E-state index contributed by atoms with van der Waals surface area (Å²) in [6.45, 7) is 4.23. The minimum absolute atomic E-state index is 0.0460. The first-order chi connectivity index (χ1) is 16.2. The van der Waals surface area contributed by atoms with Crippen LogP contribution >= 0.6 is 0 Å². The fraction of sp³-hybridized carbons (Fsp3) is 0.586. The van der Waals surface area contributed by atoms with Gasteiger partial charge in [0.1, 0.15) is 5.75 Å². The number of rotatable bonds is 6. The summed E-state index contributed by atoms with van der Waals surface area (Å²) in [5.74, 6) is 1.91. The number of methoxy groups -OCH3 is 1. The Hall–Kier alpha value is -1.88. The average molecular weight is 445 g/mol. The number of hydrogen-bond donors (Lipinski definition) is 1. The van der Waals surface area contributed by atoms with Gasteiger partial charge in [-0.3, -0.25) is 4.90 Å². The van der Waals surface area contributed by atoms with E-state index in [0.717, 1.165) is 37.7 Å². The predicted molar refractivity (Wildman–Crippen MR) is 130 cm³/mol. The number of nitrogens with one attached hydrogen (secondary N) is 1. The molecule has 33 heavy (non-hydrogen) atoms. The summed E-state index contributed by atoms with van der Waals surface area (Å²) in [4.78, 5) is 2.83. The van der Waals surface area contributed by atoms with E-state index in [0.29, 0.717) is 6.04 Å². The number of likely N-dealkylation sites (tertiary alicyclic amines) is 1. The highest BCUT2D eigenvalue weighted by molar-refractivity contribution is 5.50. The Labute approximate surface area is 197 Å². The zero-order valence-electron chi connectivity index (χ0n) is 19.8. The van der Waals surface area contributed by atoms with Gasteiger partial charge in [0, 0.05) is 30.1 Å². The molecule has 5 fully saturated rings. The van der Waals surface area contributed by atoms with E-state index in [4.69, 9.17) is 9.47 Å². The van der Waals surface area contributed by atoms with Gasteiger partial charge >= 0.3 is 0 Å². The molecule has 4 nitrogen and oxygen atoms in total. The number of piperidine rings is 1. The highest BCUT2D eigenvalue weighted by Crippen LogP contribution is 2.65. The lowest BCUT2D eigenvalue weighted by Crippen LogP contribution is -2.81. The molecule has 3 saturated heterocycles. The number of hydrogen-bond acceptors (Lipinski definition) is 4. The highest BCUT2D eigenvalue weighted by Gasteiger charge is 2.71. The van der Waals surface area contributed by atoms with Gasteiger partial charge in [-0.2, -0.15) is 0 Å². The quantitative estimate of drug-likeness (QED) is 0.714. The molecule has 1 N–H and O–H groups in total. The molecule has 0 amide bonds. The molecule has 4 bridgehead atoms. The highest BCUT2D eigenvalue weighted by atomic mass is 16.5. The molecule has 4 atom stereocenters. The molecule has 1 spiro atoms. The standard InChI is InChI=1S/C29H36N2O2/c1-32-24-10-9-23-15-26-29-12-11-27(20-33-29,30-17-21-5-3-2-4-6-21)19-28(29,25(23)16-24)13-14-31(26)18-22-7-8-22/h2-6,9-10,16,22,26,30H,7-8,11-15,17-20H2,1H3/t26-,27?,28-,29?/m1/s1. The lowest BCUT2D eigenvalue weighted by molar-refractivity contribution is -0.263. The smallest absolute Gasteiger partial charge is 0.119 e. The monoisotopic (exact) mass is 444 g/mol. The van der Waals surface area contributed by atoms with Crippen LogP contribution in [-0.4, -0.2) is 48.9 Å². The molecular formula is C29H36N2O2. The molecule has 2 unspecified atom stereocenters. The van der Waals surface area contributed by atoms with Crippen molar-refractivity contribution in [1.82, 2.24) is 10.2 Å². The number of benzene rings is 2. The molecule has 6 aliphatic rings. The van der Waals surface area contributed by atoms with Crippen LogP contribution in [0.3, 0.4) is 0 Å². The van der Waals surface area contributed by atoms with E-state index in [1.807, 2.05) is 0 Å². The van der Waals surface area contributed by atoms with Crippen molar-refractivity contribution in [3.8, 4) is 5.75 Å². The van der Waals surface area contributed by atoms with Crippen LogP contribution in [-0.2, 0) is 23.1 Å². The van der Waals surface area contributed by atoms with E-state index in [9.17, 15) is 0 Å². The Morgan fingerprint density at radius 1 is 1.09 bits per heavy atom. The fourth-order valence-corrected chi connectivity index (χ4v) is 7.95. The van der Waals surface area contributed by atoms with Crippen LogP contribution in [0.2, 0.25) is 0 Å². The third-order valence-electron chi connectivity index (χ3n) is 9.78. The molecule has 8 rings (SSSR count). The molecule has 3 aliphatic carbocycles. The summed E-state index contributed by atoms with van der Waals surface area (Å²) >= 11 is 0. The van der Waals surface area contributed by atoms with E-state index >= 15 is 0 Å². The second kappa shape index (κ2) is 7.31. The summed E-state index contributed by atoms with van der Waals surface area (Å²) in [6.07, 6.45) is 8.72. The normalized spacial score (nSPS) is 36.8. The lowest BCUT2D eigenvalue weighted by atomic mass is 9.45. The first kappa shape index (κ1) is 20.5. The maximum atomic E-state index is 7.14. The number of ether oxygens (including phenoxy) is 2. The zero-order chi connectivity index (χ0) is 22.1. The number of fused-ring (bicyclic) bond motifs is 3. The van der Waals surface area contributed by atoms with E-state index in [1.54, 1.807) is 7.11 Å². The third-order valence-corrected chi connectivity index (χ3v) is 9.78. The van der Waals surface area contributed by atoms with Crippen molar-refractivity contribution in [2.24, 2.45) is 5.92 Å². The molecular weight excluding hydrogens is 408 g/mol. The van der Waals surface area contributed by atoms with Gasteiger partial charge in [0.25, 0.3) is 0 Å². The van der Waals surface area contributed by atoms with E-state index < -0.39 is 0 Å². The lowest BCUT2D eigenvalue weighted by Gasteiger charge is -2.72. The van der Waals surface area contributed by atoms with E-state index in [1.165, 1.54) is 61.9 Å². The molecule has 3 heterocycles. The third kappa shape index (κ3) is 3.00. The Morgan fingerprint density at radius 2 is 1.97 bits per heavy atom. The van der Waals surface area contributed by atoms with Gasteiger partial charge in [-0.25, -0.2) is 0 Å². The van der Waals surface area contributed by atoms with Crippen LogP contribution in [0.4, 0.5) is 0 Å². The van der Waals surface area contributed by atoms with Crippen LogP contribution < -0.4 is 10.1 Å². The van der Waals surface area contributed by atoms with Crippen LogP contribution in [0.5, 0.6) is 5.75 Å². The first-order valence-electron chi connectivity index (χ1n) is 13.0. The van der Waals surface area contributed by atoms with Crippen molar-refractivity contribution in [2.75, 3.05) is 26.8 Å². The molecule has 3 aliphatic heterocycles. The van der Waals surface area contributed by atoms with E-state index in [-0.39, 0.29) is 16.6 Å². The second-order valence-electron chi connectivity index (χ2n) is 11.5. The maximum absolute atomic E-state index is 7.14. The molecule has 2 aromatic carbocycles. The topological polar surface area (TPSA) is 33.7 Å². The molecule has 0 aromatic heterocycles. The van der Waals surface area contributed by atoms with Gasteiger partial charge in [-0.1, -0.05) is 36.4 Å². The van der Waals surface area contributed by atoms with Crippen molar-refractivity contribution in [1.29, 1.82) is 0 Å². The summed E-state index contributed by atoms with van der Waals surface area (Å²) < 4.78 is 12.9. The minimum Gasteiger partial charge on any atom is -0.497 e. The fourth-order valence-electron chi connectivity index (χ4n) is 7.95. The molecule has 4 heteroatoms. The first-order valence-corrected chi connectivity index (χ1v) is 13.0. The predicted octanol–water partition coefficient (Wildman–Crippen LogP) is 4.45. The Kier molecular flexibility index (Phi) is 4.54. The molecule has 2 aromatic rings.